The molecule has 1 aromatic heterocycles. The second-order valence-electron chi connectivity index (χ2n) is 7.24. The molecule has 0 fully saturated rings. The van der Waals surface area contributed by atoms with Crippen molar-refractivity contribution in [3.05, 3.63) is 59.2 Å². The van der Waals surface area contributed by atoms with E-state index < -0.39 is 17.8 Å². The molecule has 0 saturated heterocycles. The lowest BCUT2D eigenvalue weighted by Crippen LogP contribution is -2.30. The van der Waals surface area contributed by atoms with E-state index in [1.54, 1.807) is 18.2 Å². The molecule has 2 N–H and O–H groups in total. The summed E-state index contributed by atoms with van der Waals surface area (Å²) in [5, 5.41) is 25.3. The number of carbonyl (C=O) groups is 1. The van der Waals surface area contributed by atoms with E-state index in [4.69, 9.17) is 19.6 Å². The zero-order valence-electron chi connectivity index (χ0n) is 17.2. The number of aromatic nitrogens is 2. The number of nitriles is 1. The van der Waals surface area contributed by atoms with Gasteiger partial charge in [0.15, 0.2) is 11.5 Å². The second-order valence-corrected chi connectivity index (χ2v) is 7.24. The highest BCUT2D eigenvalue weighted by molar-refractivity contribution is 5.86. The Morgan fingerprint density at radius 2 is 1.97 bits per heavy atom. The van der Waals surface area contributed by atoms with Crippen molar-refractivity contribution in [2.24, 2.45) is 5.92 Å². The summed E-state index contributed by atoms with van der Waals surface area (Å²) in [4.78, 5) is 11.4. The van der Waals surface area contributed by atoms with Gasteiger partial charge in [0.2, 0.25) is 11.8 Å². The molecule has 31 heavy (non-hydrogen) atoms. The SMILES string of the molecule is COc1cc(C2c3c(n[nH]c3-c3ccc(C)cc3)OC(=N)C2C#N)ccc1OC(C)=O. The normalized spacial score (nSPS) is 17.3. The quantitative estimate of drug-likeness (QED) is 0.490. The first-order valence-corrected chi connectivity index (χ1v) is 9.60. The van der Waals surface area contributed by atoms with Crippen LogP contribution in [0.1, 0.15) is 29.5 Å². The number of methoxy groups -OCH3 is 1. The van der Waals surface area contributed by atoms with Crippen molar-refractivity contribution in [3.63, 3.8) is 0 Å². The minimum atomic E-state index is -0.862. The molecule has 0 spiro atoms. The van der Waals surface area contributed by atoms with Crippen molar-refractivity contribution in [2.45, 2.75) is 19.8 Å². The molecular weight excluding hydrogens is 396 g/mol. The van der Waals surface area contributed by atoms with Gasteiger partial charge in [0.1, 0.15) is 5.92 Å². The number of esters is 1. The average Bonchev–Trinajstić information content (AvgIpc) is 3.16. The average molecular weight is 416 g/mol. The maximum Gasteiger partial charge on any atom is 0.308 e. The fourth-order valence-corrected chi connectivity index (χ4v) is 3.74. The largest absolute Gasteiger partial charge is 0.493 e. The van der Waals surface area contributed by atoms with E-state index in [0.29, 0.717) is 16.9 Å². The Morgan fingerprint density at radius 1 is 1.23 bits per heavy atom. The third kappa shape index (κ3) is 3.62. The van der Waals surface area contributed by atoms with E-state index in [1.807, 2.05) is 31.2 Å². The fraction of sp³-hybridized carbons (Fsp3) is 0.217. The molecule has 0 amide bonds. The monoisotopic (exact) mass is 416 g/mol. The van der Waals surface area contributed by atoms with E-state index >= 15 is 0 Å². The molecule has 3 aromatic rings. The predicted molar refractivity (Wildman–Crippen MR) is 112 cm³/mol. The number of H-pyrrole nitrogens is 1. The molecule has 8 heteroatoms. The summed E-state index contributed by atoms with van der Waals surface area (Å²) in [7, 11) is 1.47. The van der Waals surface area contributed by atoms with Gasteiger partial charge in [-0.05, 0) is 30.2 Å². The summed E-state index contributed by atoms with van der Waals surface area (Å²) in [6, 6.07) is 15.2. The Kier molecular flexibility index (Phi) is 5.17. The van der Waals surface area contributed by atoms with E-state index in [9.17, 15) is 10.1 Å². The first-order valence-electron chi connectivity index (χ1n) is 9.60. The van der Waals surface area contributed by atoms with Gasteiger partial charge in [0.05, 0.1) is 24.4 Å². The molecule has 156 valence electrons. The Morgan fingerprint density at radius 3 is 2.61 bits per heavy atom. The highest BCUT2D eigenvalue weighted by Gasteiger charge is 2.41. The topological polar surface area (TPSA) is 121 Å². The first kappa shape index (κ1) is 20.2. The van der Waals surface area contributed by atoms with Gasteiger partial charge in [0.25, 0.3) is 0 Å². The van der Waals surface area contributed by atoms with Crippen LogP contribution in [0.25, 0.3) is 11.3 Å². The van der Waals surface area contributed by atoms with Crippen LogP contribution in [0.3, 0.4) is 0 Å². The fourth-order valence-electron chi connectivity index (χ4n) is 3.74. The van der Waals surface area contributed by atoms with Gasteiger partial charge >= 0.3 is 5.97 Å². The Bertz CT molecular complexity index is 1210. The standard InChI is InChI=1S/C23H20N4O4/c1-12-4-6-14(7-5-12)21-20-19(16(11-24)22(25)31-23(20)27-26-21)15-8-9-17(30-13(2)28)18(10-15)29-3/h4-10,16,19,25H,1-3H3,(H,26,27). The molecule has 4 rings (SSSR count). The number of ether oxygens (including phenoxy) is 3. The van der Waals surface area contributed by atoms with Crippen LogP contribution >= 0.6 is 0 Å². The van der Waals surface area contributed by atoms with Gasteiger partial charge in [0, 0.05) is 12.8 Å². The number of nitrogens with zero attached hydrogens (tertiary/aromatic N) is 2. The molecule has 0 radical (unpaired) electrons. The predicted octanol–water partition coefficient (Wildman–Crippen LogP) is 3.96. The van der Waals surface area contributed by atoms with Crippen LogP contribution in [0.5, 0.6) is 17.4 Å². The summed E-state index contributed by atoms with van der Waals surface area (Å²) < 4.78 is 16.2. The molecule has 0 saturated carbocycles. The lowest BCUT2D eigenvalue weighted by molar-refractivity contribution is -0.132. The van der Waals surface area contributed by atoms with E-state index in [0.717, 1.165) is 16.8 Å². The van der Waals surface area contributed by atoms with Crippen molar-refractivity contribution in [3.8, 4) is 34.7 Å². The molecule has 8 nitrogen and oxygen atoms in total. The highest BCUT2D eigenvalue weighted by atomic mass is 16.6. The number of hydrogen-bond acceptors (Lipinski definition) is 7. The maximum atomic E-state index is 11.4. The van der Waals surface area contributed by atoms with Crippen LogP contribution < -0.4 is 14.2 Å². The summed E-state index contributed by atoms with van der Waals surface area (Å²) in [5.74, 6) is -1.14. The minimum Gasteiger partial charge on any atom is -0.493 e. The number of nitrogens with one attached hydrogen (secondary N) is 2. The number of aromatic amines is 1. The Labute approximate surface area is 178 Å². The number of hydrogen-bond donors (Lipinski definition) is 2. The lowest BCUT2D eigenvalue weighted by atomic mass is 9.78. The van der Waals surface area contributed by atoms with Crippen LogP contribution in [0.4, 0.5) is 0 Å². The molecule has 2 unspecified atom stereocenters. The van der Waals surface area contributed by atoms with Crippen LogP contribution in [-0.4, -0.2) is 29.2 Å². The highest BCUT2D eigenvalue weighted by Crippen LogP contribution is 2.47. The number of carbonyl (C=O) groups excluding carboxylic acids is 1. The molecule has 2 heterocycles. The van der Waals surface area contributed by atoms with Gasteiger partial charge in [-0.2, -0.15) is 5.26 Å². The van der Waals surface area contributed by atoms with Crippen molar-refractivity contribution in [1.29, 1.82) is 10.7 Å². The van der Waals surface area contributed by atoms with Crippen molar-refractivity contribution < 1.29 is 19.0 Å². The molecular formula is C23H20N4O4. The van der Waals surface area contributed by atoms with Crippen LogP contribution in [0.15, 0.2) is 42.5 Å². The van der Waals surface area contributed by atoms with Gasteiger partial charge in [-0.1, -0.05) is 35.9 Å². The molecule has 0 bridgehead atoms. The van der Waals surface area contributed by atoms with Gasteiger partial charge in [-0.25, -0.2) is 0 Å². The third-order valence-electron chi connectivity index (χ3n) is 5.18. The van der Waals surface area contributed by atoms with Gasteiger partial charge < -0.3 is 14.2 Å². The zero-order chi connectivity index (χ0) is 22.1. The Balaban J connectivity index is 1.89. The molecule has 2 aromatic carbocycles. The van der Waals surface area contributed by atoms with Gasteiger partial charge in [-0.15, -0.1) is 5.10 Å². The summed E-state index contributed by atoms with van der Waals surface area (Å²) in [6.07, 6.45) is 0. The maximum absolute atomic E-state index is 11.4. The Hall–Kier alpha value is -4.12. The number of aryl methyl sites for hydroxylation is 1. The molecule has 0 aliphatic carbocycles. The van der Waals surface area contributed by atoms with Crippen molar-refractivity contribution in [1.82, 2.24) is 10.2 Å². The van der Waals surface area contributed by atoms with Crippen LogP contribution in [0, 0.1) is 29.6 Å². The second kappa shape index (κ2) is 7.95. The zero-order valence-corrected chi connectivity index (χ0v) is 17.2. The first-order chi connectivity index (χ1) is 14.9. The number of fused-ring (bicyclic) bond motifs is 1. The van der Waals surface area contributed by atoms with E-state index in [1.165, 1.54) is 14.0 Å². The smallest absolute Gasteiger partial charge is 0.308 e. The third-order valence-corrected chi connectivity index (χ3v) is 5.18. The number of benzene rings is 2. The minimum absolute atomic E-state index is 0.176. The van der Waals surface area contributed by atoms with Crippen molar-refractivity contribution >= 4 is 11.9 Å². The van der Waals surface area contributed by atoms with Crippen molar-refractivity contribution in [2.75, 3.05) is 7.11 Å². The van der Waals surface area contributed by atoms with Crippen LogP contribution in [0.2, 0.25) is 0 Å². The molecule has 1 aliphatic heterocycles. The van der Waals surface area contributed by atoms with Crippen LogP contribution in [-0.2, 0) is 4.79 Å². The summed E-state index contributed by atoms with van der Waals surface area (Å²) in [5.41, 5.74) is 4.13. The number of rotatable bonds is 4. The molecule has 2 atom stereocenters. The van der Waals surface area contributed by atoms with E-state index in [-0.39, 0.29) is 17.5 Å². The molecule has 1 aliphatic rings. The summed E-state index contributed by atoms with van der Waals surface area (Å²) in [6.45, 7) is 3.31. The van der Waals surface area contributed by atoms with Gasteiger partial charge in [-0.3, -0.25) is 15.3 Å². The lowest BCUT2D eigenvalue weighted by Gasteiger charge is -2.28. The van der Waals surface area contributed by atoms with E-state index in [2.05, 4.69) is 16.3 Å². The summed E-state index contributed by atoms with van der Waals surface area (Å²) >= 11 is 0.